The molecule has 35 heavy (non-hydrogen) atoms. The zero-order chi connectivity index (χ0) is 26.2. The van der Waals surface area contributed by atoms with E-state index in [0.717, 1.165) is 23.1 Å². The molecule has 0 bridgehead atoms. The number of nitrogens with zero attached hydrogens (tertiary/aromatic N) is 2. The average molecular weight is 502 g/mol. The molecule has 0 aromatic heterocycles. The lowest BCUT2D eigenvalue weighted by molar-refractivity contribution is -0.140. The fourth-order valence-corrected chi connectivity index (χ4v) is 4.70. The van der Waals surface area contributed by atoms with Crippen LogP contribution in [0.5, 0.6) is 0 Å². The van der Waals surface area contributed by atoms with Crippen LogP contribution in [-0.2, 0) is 26.2 Å². The van der Waals surface area contributed by atoms with Gasteiger partial charge >= 0.3 is 0 Å². The second kappa shape index (κ2) is 12.7. The van der Waals surface area contributed by atoms with Crippen molar-refractivity contribution in [2.45, 2.75) is 72.5 Å². The van der Waals surface area contributed by atoms with E-state index in [-0.39, 0.29) is 30.8 Å². The molecule has 2 atom stereocenters. The molecule has 0 saturated heterocycles. The van der Waals surface area contributed by atoms with Crippen LogP contribution in [0.25, 0.3) is 0 Å². The molecule has 1 N–H and O–H groups in total. The first-order valence-electron chi connectivity index (χ1n) is 12.1. The number of aryl methyl sites for hydroxylation is 2. The van der Waals surface area contributed by atoms with E-state index in [4.69, 9.17) is 0 Å². The summed E-state index contributed by atoms with van der Waals surface area (Å²) in [6.07, 6.45) is 2.43. The molecule has 8 heteroatoms. The lowest BCUT2D eigenvalue weighted by Gasteiger charge is -2.30. The fourth-order valence-electron chi connectivity index (χ4n) is 3.73. The zero-order valence-corrected chi connectivity index (χ0v) is 22.6. The summed E-state index contributed by atoms with van der Waals surface area (Å²) in [5, 5.41) is 2.96. The Morgan fingerprint density at radius 3 is 2.20 bits per heavy atom. The maximum absolute atomic E-state index is 13.4. The van der Waals surface area contributed by atoms with Gasteiger partial charge in [0.05, 0.1) is 11.9 Å². The minimum Gasteiger partial charge on any atom is -0.352 e. The van der Waals surface area contributed by atoms with Crippen molar-refractivity contribution in [2.24, 2.45) is 0 Å². The second-order valence-corrected chi connectivity index (χ2v) is 11.1. The van der Waals surface area contributed by atoms with E-state index in [0.29, 0.717) is 18.7 Å². The van der Waals surface area contributed by atoms with Crippen molar-refractivity contribution < 1.29 is 18.0 Å². The molecule has 2 amide bonds. The van der Waals surface area contributed by atoms with Crippen molar-refractivity contribution in [1.82, 2.24) is 10.2 Å². The average Bonchev–Trinajstić information content (AvgIpc) is 2.80. The van der Waals surface area contributed by atoms with Crippen LogP contribution in [-0.4, -0.2) is 50.0 Å². The van der Waals surface area contributed by atoms with Crippen LogP contribution in [0.2, 0.25) is 0 Å². The highest BCUT2D eigenvalue weighted by Gasteiger charge is 2.27. The van der Waals surface area contributed by atoms with Crippen molar-refractivity contribution in [2.75, 3.05) is 17.1 Å². The van der Waals surface area contributed by atoms with Gasteiger partial charge < -0.3 is 10.2 Å². The molecule has 2 aromatic carbocycles. The van der Waals surface area contributed by atoms with Gasteiger partial charge in [0.1, 0.15) is 6.04 Å². The molecule has 2 aromatic rings. The van der Waals surface area contributed by atoms with E-state index in [9.17, 15) is 18.0 Å². The summed E-state index contributed by atoms with van der Waals surface area (Å²) in [5.74, 6) is -0.379. The predicted molar refractivity (Wildman–Crippen MR) is 142 cm³/mol. The lowest BCUT2D eigenvalue weighted by atomic mass is 10.1. The molecule has 0 saturated carbocycles. The van der Waals surface area contributed by atoms with Gasteiger partial charge in [0.2, 0.25) is 21.8 Å². The summed E-state index contributed by atoms with van der Waals surface area (Å²) < 4.78 is 26.1. The molecule has 192 valence electrons. The van der Waals surface area contributed by atoms with E-state index in [1.54, 1.807) is 24.0 Å². The summed E-state index contributed by atoms with van der Waals surface area (Å²) >= 11 is 0. The van der Waals surface area contributed by atoms with E-state index in [1.807, 2.05) is 64.1 Å². The number of rotatable bonds is 12. The predicted octanol–water partition coefficient (Wildman–Crippen LogP) is 4.18. The standard InChI is InChI=1S/C27H39N3O4S/c1-7-22(4)28-27(32)23(5)29(19-24-12-9-8-11-21(24)3)26(31)13-10-18-30(35(6,33)34)25-16-14-20(2)15-17-25/h8-9,11-12,14-17,22-23H,7,10,13,18-19H2,1-6H3,(H,28,32)/t22-,23+/m1/s1. The molecule has 0 fully saturated rings. The fraction of sp³-hybridized carbons (Fsp3) is 0.481. The SMILES string of the molecule is CC[C@@H](C)NC(=O)[C@H](C)N(Cc1ccccc1C)C(=O)CCCN(c1ccc(C)cc1)S(C)(=O)=O. The second-order valence-electron chi connectivity index (χ2n) is 9.22. The highest BCUT2D eigenvalue weighted by atomic mass is 32.2. The molecule has 0 heterocycles. The topological polar surface area (TPSA) is 86.8 Å². The van der Waals surface area contributed by atoms with E-state index in [2.05, 4.69) is 5.32 Å². The number of amides is 2. The number of sulfonamides is 1. The number of carbonyl (C=O) groups excluding carboxylic acids is 2. The third-order valence-electron chi connectivity index (χ3n) is 6.24. The van der Waals surface area contributed by atoms with Gasteiger partial charge in [0.15, 0.2) is 0 Å². The van der Waals surface area contributed by atoms with Crippen LogP contribution in [0.1, 0.15) is 56.7 Å². The van der Waals surface area contributed by atoms with Crippen LogP contribution in [0.3, 0.4) is 0 Å². The first kappa shape index (κ1) is 28.4. The zero-order valence-electron chi connectivity index (χ0n) is 21.7. The van der Waals surface area contributed by atoms with Crippen LogP contribution in [0, 0.1) is 13.8 Å². The van der Waals surface area contributed by atoms with E-state index < -0.39 is 16.1 Å². The monoisotopic (exact) mass is 501 g/mol. The summed E-state index contributed by atoms with van der Waals surface area (Å²) in [7, 11) is -3.51. The van der Waals surface area contributed by atoms with Gasteiger partial charge in [-0.1, -0.05) is 48.9 Å². The Balaban J connectivity index is 2.18. The van der Waals surface area contributed by atoms with Crippen molar-refractivity contribution in [3.8, 4) is 0 Å². The van der Waals surface area contributed by atoms with Crippen molar-refractivity contribution >= 4 is 27.5 Å². The number of hydrogen-bond acceptors (Lipinski definition) is 4. The van der Waals surface area contributed by atoms with Crippen LogP contribution in [0.4, 0.5) is 5.69 Å². The largest absolute Gasteiger partial charge is 0.352 e. The van der Waals surface area contributed by atoms with Crippen molar-refractivity contribution in [3.63, 3.8) is 0 Å². The van der Waals surface area contributed by atoms with Gasteiger partial charge in [-0.05, 0) is 63.8 Å². The number of anilines is 1. The molecule has 0 aliphatic carbocycles. The highest BCUT2D eigenvalue weighted by Crippen LogP contribution is 2.20. The molecule has 0 aliphatic rings. The maximum Gasteiger partial charge on any atom is 0.242 e. The lowest BCUT2D eigenvalue weighted by Crippen LogP contribution is -2.49. The first-order valence-corrected chi connectivity index (χ1v) is 14.0. The highest BCUT2D eigenvalue weighted by molar-refractivity contribution is 7.92. The quantitative estimate of drug-likeness (QED) is 0.473. The van der Waals surface area contributed by atoms with Gasteiger partial charge in [0.25, 0.3) is 0 Å². The summed E-state index contributed by atoms with van der Waals surface area (Å²) in [5.41, 5.74) is 3.63. The Morgan fingerprint density at radius 1 is 1.00 bits per heavy atom. The van der Waals surface area contributed by atoms with Gasteiger partial charge in [0, 0.05) is 25.6 Å². The van der Waals surface area contributed by atoms with Crippen molar-refractivity contribution in [1.29, 1.82) is 0 Å². The third kappa shape index (κ3) is 8.38. The Kier molecular flexibility index (Phi) is 10.3. The molecule has 0 unspecified atom stereocenters. The van der Waals surface area contributed by atoms with Gasteiger partial charge in [-0.15, -0.1) is 0 Å². The third-order valence-corrected chi connectivity index (χ3v) is 7.44. The van der Waals surface area contributed by atoms with Crippen LogP contribution >= 0.6 is 0 Å². The summed E-state index contributed by atoms with van der Waals surface area (Å²) in [6, 6.07) is 14.4. The number of benzene rings is 2. The minimum atomic E-state index is -3.51. The minimum absolute atomic E-state index is 0.0122. The smallest absolute Gasteiger partial charge is 0.242 e. The maximum atomic E-state index is 13.4. The molecule has 2 rings (SSSR count). The molecule has 0 spiro atoms. The summed E-state index contributed by atoms with van der Waals surface area (Å²) in [4.78, 5) is 27.8. The van der Waals surface area contributed by atoms with E-state index >= 15 is 0 Å². The molecule has 0 radical (unpaired) electrons. The Labute approximate surface area is 210 Å². The molecular formula is C27H39N3O4S. The van der Waals surface area contributed by atoms with Crippen LogP contribution < -0.4 is 9.62 Å². The Bertz CT molecular complexity index is 1100. The normalized spacial score (nSPS) is 13.1. The van der Waals surface area contributed by atoms with Gasteiger partial charge in [-0.3, -0.25) is 13.9 Å². The van der Waals surface area contributed by atoms with E-state index in [1.165, 1.54) is 10.6 Å². The molecule has 7 nitrogen and oxygen atoms in total. The number of hydrogen-bond donors (Lipinski definition) is 1. The first-order chi connectivity index (χ1) is 16.4. The Morgan fingerprint density at radius 2 is 1.63 bits per heavy atom. The molecular weight excluding hydrogens is 462 g/mol. The molecule has 0 aliphatic heterocycles. The number of carbonyl (C=O) groups is 2. The van der Waals surface area contributed by atoms with Gasteiger partial charge in [-0.25, -0.2) is 8.42 Å². The Hall–Kier alpha value is -2.87. The van der Waals surface area contributed by atoms with Crippen molar-refractivity contribution in [3.05, 3.63) is 65.2 Å². The summed E-state index contributed by atoms with van der Waals surface area (Å²) in [6.45, 7) is 10.1. The van der Waals surface area contributed by atoms with Crippen LogP contribution in [0.15, 0.2) is 48.5 Å². The van der Waals surface area contributed by atoms with Gasteiger partial charge in [-0.2, -0.15) is 0 Å². The number of nitrogens with one attached hydrogen (secondary N) is 1.